The van der Waals surface area contributed by atoms with Crippen molar-refractivity contribution in [1.29, 1.82) is 0 Å². The lowest BCUT2D eigenvalue weighted by Crippen LogP contribution is -2.04. The van der Waals surface area contributed by atoms with Gasteiger partial charge in [0.2, 0.25) is 0 Å². The molecule has 3 nitrogen and oxygen atoms in total. The van der Waals surface area contributed by atoms with Crippen LogP contribution in [0, 0.1) is 0 Å². The van der Waals surface area contributed by atoms with E-state index in [4.69, 9.17) is 16.3 Å². The second-order valence-corrected chi connectivity index (χ2v) is 3.78. The average molecular weight is 280 g/mol. The van der Waals surface area contributed by atoms with E-state index in [1.54, 1.807) is 12.1 Å². The van der Waals surface area contributed by atoms with Gasteiger partial charge in [0.05, 0.1) is 19.2 Å². The van der Waals surface area contributed by atoms with Gasteiger partial charge in [-0.1, -0.05) is 27.5 Å². The Hall–Kier alpha value is -0.740. The molecule has 1 rings (SSSR count). The van der Waals surface area contributed by atoms with Crippen LogP contribution in [0.25, 0.3) is 0 Å². The Morgan fingerprint density at radius 3 is 2.57 bits per heavy atom. The number of hydrogen-bond donors (Lipinski definition) is 0. The topological polar surface area (TPSA) is 35.5 Å². The number of hydrogen-bond acceptors (Lipinski definition) is 3. The van der Waals surface area contributed by atoms with Crippen molar-refractivity contribution in [2.75, 3.05) is 14.2 Å². The van der Waals surface area contributed by atoms with Gasteiger partial charge in [-0.25, -0.2) is 4.79 Å². The molecule has 0 aliphatic heterocycles. The summed E-state index contributed by atoms with van der Waals surface area (Å²) in [6, 6.07) is 3.24. The Morgan fingerprint density at radius 2 is 2.07 bits per heavy atom. The first-order chi connectivity index (χ1) is 6.60. The van der Waals surface area contributed by atoms with Crippen molar-refractivity contribution < 1.29 is 14.3 Å². The maximum absolute atomic E-state index is 11.3. The van der Waals surface area contributed by atoms with E-state index < -0.39 is 5.97 Å². The molecule has 0 heterocycles. The molecule has 14 heavy (non-hydrogen) atoms. The van der Waals surface area contributed by atoms with Crippen LogP contribution in [0.5, 0.6) is 5.75 Å². The Morgan fingerprint density at radius 1 is 1.43 bits per heavy atom. The van der Waals surface area contributed by atoms with Gasteiger partial charge < -0.3 is 9.47 Å². The summed E-state index contributed by atoms with van der Waals surface area (Å²) < 4.78 is 10.3. The first kappa shape index (κ1) is 11.3. The molecular weight excluding hydrogens is 271 g/mol. The summed E-state index contributed by atoms with van der Waals surface area (Å²) in [4.78, 5) is 11.3. The van der Waals surface area contributed by atoms with E-state index in [1.165, 1.54) is 14.2 Å². The largest absolute Gasteiger partial charge is 0.494 e. The van der Waals surface area contributed by atoms with Crippen LogP contribution in [0.3, 0.4) is 0 Å². The van der Waals surface area contributed by atoms with Gasteiger partial charge in [0.15, 0.2) is 5.75 Å². The molecule has 0 radical (unpaired) electrons. The fourth-order valence-corrected chi connectivity index (χ4v) is 1.92. The Kier molecular flexibility index (Phi) is 3.77. The molecule has 0 spiro atoms. The number of carbonyl (C=O) groups excluding carboxylic acids is 1. The number of esters is 1. The molecule has 0 aliphatic rings. The van der Waals surface area contributed by atoms with Crippen LogP contribution in [-0.4, -0.2) is 20.2 Å². The van der Waals surface area contributed by atoms with E-state index in [9.17, 15) is 4.79 Å². The van der Waals surface area contributed by atoms with Gasteiger partial charge in [-0.2, -0.15) is 0 Å². The van der Waals surface area contributed by atoms with Gasteiger partial charge in [0.25, 0.3) is 0 Å². The van der Waals surface area contributed by atoms with Crippen LogP contribution in [0.2, 0.25) is 5.02 Å². The molecule has 1 aromatic carbocycles. The Labute approximate surface area is 95.1 Å². The van der Waals surface area contributed by atoms with Crippen molar-refractivity contribution in [3.63, 3.8) is 0 Å². The van der Waals surface area contributed by atoms with Crippen molar-refractivity contribution >= 4 is 33.5 Å². The molecule has 0 aromatic heterocycles. The highest BCUT2D eigenvalue weighted by atomic mass is 79.9. The maximum Gasteiger partial charge on any atom is 0.341 e. The number of methoxy groups -OCH3 is 2. The monoisotopic (exact) mass is 278 g/mol. The molecule has 0 N–H and O–H groups in total. The predicted octanol–water partition coefficient (Wildman–Crippen LogP) is 2.90. The molecule has 76 valence electrons. The second-order valence-electron chi connectivity index (χ2n) is 2.46. The molecular formula is C9H8BrClO3. The number of rotatable bonds is 2. The highest BCUT2D eigenvalue weighted by Crippen LogP contribution is 2.32. The molecule has 0 unspecified atom stereocenters. The molecule has 0 bridgehead atoms. The van der Waals surface area contributed by atoms with E-state index in [-0.39, 0.29) is 0 Å². The zero-order chi connectivity index (χ0) is 10.7. The molecule has 0 amide bonds. The Balaban J connectivity index is 3.32. The van der Waals surface area contributed by atoms with E-state index in [2.05, 4.69) is 20.7 Å². The minimum Gasteiger partial charge on any atom is -0.494 e. The molecule has 0 saturated carbocycles. The predicted molar refractivity (Wildman–Crippen MR) is 57.0 cm³/mol. The second kappa shape index (κ2) is 4.66. The lowest BCUT2D eigenvalue weighted by molar-refractivity contribution is 0.0597. The summed E-state index contributed by atoms with van der Waals surface area (Å²) >= 11 is 9.10. The number of benzene rings is 1. The van der Waals surface area contributed by atoms with Gasteiger partial charge in [0, 0.05) is 4.47 Å². The van der Waals surface area contributed by atoms with Crippen molar-refractivity contribution in [3.8, 4) is 5.75 Å². The smallest absolute Gasteiger partial charge is 0.341 e. The van der Waals surface area contributed by atoms with E-state index in [0.29, 0.717) is 20.8 Å². The van der Waals surface area contributed by atoms with E-state index >= 15 is 0 Å². The standard InChI is InChI=1S/C9H8BrClO3/c1-13-8-6(9(12)14-2)3-5(10)4-7(8)11/h3-4H,1-2H3. The maximum atomic E-state index is 11.3. The average Bonchev–Trinajstić information content (AvgIpc) is 2.15. The number of carbonyl (C=O) groups is 1. The highest BCUT2D eigenvalue weighted by Gasteiger charge is 2.16. The molecule has 1 aromatic rings. The van der Waals surface area contributed by atoms with Crippen LogP contribution >= 0.6 is 27.5 Å². The van der Waals surface area contributed by atoms with Crippen molar-refractivity contribution in [1.82, 2.24) is 0 Å². The van der Waals surface area contributed by atoms with Gasteiger partial charge in [-0.05, 0) is 12.1 Å². The van der Waals surface area contributed by atoms with Gasteiger partial charge in [0.1, 0.15) is 5.56 Å². The first-order valence-corrected chi connectivity index (χ1v) is 4.88. The summed E-state index contributed by atoms with van der Waals surface area (Å²) in [5, 5.41) is 0.363. The number of halogens is 2. The SMILES string of the molecule is COC(=O)c1cc(Br)cc(Cl)c1OC. The van der Waals surface area contributed by atoms with Crippen LogP contribution in [0.1, 0.15) is 10.4 Å². The lowest BCUT2D eigenvalue weighted by atomic mass is 10.2. The van der Waals surface area contributed by atoms with Crippen molar-refractivity contribution in [2.24, 2.45) is 0 Å². The van der Waals surface area contributed by atoms with Crippen molar-refractivity contribution in [2.45, 2.75) is 0 Å². The third kappa shape index (κ3) is 2.19. The summed E-state index contributed by atoms with van der Waals surface area (Å²) in [6.45, 7) is 0. The number of ether oxygens (including phenoxy) is 2. The third-order valence-corrected chi connectivity index (χ3v) is 2.36. The fraction of sp³-hybridized carbons (Fsp3) is 0.222. The summed E-state index contributed by atoms with van der Waals surface area (Å²) in [7, 11) is 2.75. The van der Waals surface area contributed by atoms with Gasteiger partial charge in [-0.3, -0.25) is 0 Å². The minimum absolute atomic E-state index is 0.300. The summed E-state index contributed by atoms with van der Waals surface area (Å²) in [5.41, 5.74) is 0.300. The zero-order valence-electron chi connectivity index (χ0n) is 7.64. The summed E-state index contributed by atoms with van der Waals surface area (Å²) in [5.74, 6) is -0.160. The molecule has 0 aliphatic carbocycles. The van der Waals surface area contributed by atoms with Gasteiger partial charge >= 0.3 is 5.97 Å². The third-order valence-electron chi connectivity index (χ3n) is 1.62. The quantitative estimate of drug-likeness (QED) is 0.781. The summed E-state index contributed by atoms with van der Waals surface area (Å²) in [6.07, 6.45) is 0. The van der Waals surface area contributed by atoms with Crippen LogP contribution < -0.4 is 4.74 Å². The normalized spacial score (nSPS) is 9.71. The Bertz CT molecular complexity index is 365. The first-order valence-electron chi connectivity index (χ1n) is 3.71. The van der Waals surface area contributed by atoms with Crippen LogP contribution in [-0.2, 0) is 4.74 Å². The fourth-order valence-electron chi connectivity index (χ4n) is 1.03. The van der Waals surface area contributed by atoms with Crippen LogP contribution in [0.4, 0.5) is 0 Å². The van der Waals surface area contributed by atoms with Crippen LogP contribution in [0.15, 0.2) is 16.6 Å². The molecule has 0 saturated heterocycles. The van der Waals surface area contributed by atoms with E-state index in [1.807, 2.05) is 0 Å². The highest BCUT2D eigenvalue weighted by molar-refractivity contribution is 9.10. The molecule has 5 heteroatoms. The zero-order valence-corrected chi connectivity index (χ0v) is 9.98. The van der Waals surface area contributed by atoms with Gasteiger partial charge in [-0.15, -0.1) is 0 Å². The minimum atomic E-state index is -0.481. The molecule has 0 fully saturated rings. The lowest BCUT2D eigenvalue weighted by Gasteiger charge is -2.08. The molecule has 0 atom stereocenters. The van der Waals surface area contributed by atoms with Crippen molar-refractivity contribution in [3.05, 3.63) is 27.2 Å². The van der Waals surface area contributed by atoms with E-state index in [0.717, 1.165) is 0 Å².